The molecule has 1 amide bonds. The maximum Gasteiger partial charge on any atom is 0.239 e. The molecule has 0 aliphatic carbocycles. The second-order valence-corrected chi connectivity index (χ2v) is 4.35. The monoisotopic (exact) mass is 174 g/mol. The molecule has 0 saturated carbocycles. The zero-order chi connectivity index (χ0) is 9.99. The molecule has 0 atom stereocenters. The molecule has 0 aromatic rings. The fraction of sp³-hybridized carbons (Fsp3) is 0.875. The Bertz CT molecular complexity index is 170. The summed E-state index contributed by atoms with van der Waals surface area (Å²) in [6, 6.07) is 0. The van der Waals surface area contributed by atoms with Crippen LogP contribution < -0.4 is 11.3 Å². The molecule has 0 saturated heterocycles. The molecule has 0 radical (unpaired) electrons. The first-order valence-electron chi connectivity index (χ1n) is 3.92. The smallest absolute Gasteiger partial charge is 0.239 e. The Morgan fingerprint density at radius 1 is 1.42 bits per heavy atom. The summed E-state index contributed by atoms with van der Waals surface area (Å²) in [6.07, 6.45) is 0.378. The van der Waals surface area contributed by atoms with Gasteiger partial charge in [0.15, 0.2) is 0 Å². The highest BCUT2D eigenvalue weighted by Gasteiger charge is 2.32. The zero-order valence-corrected chi connectivity index (χ0v) is 8.14. The Hall–Kier alpha value is -0.610. The molecule has 0 spiro atoms. The highest BCUT2D eigenvalue weighted by molar-refractivity contribution is 5.81. The number of nitrogens with one attached hydrogen (secondary N) is 1. The summed E-state index contributed by atoms with van der Waals surface area (Å²) in [5.41, 5.74) is 0.595. The van der Waals surface area contributed by atoms with Crippen LogP contribution in [0, 0.1) is 5.41 Å². The Kier molecular flexibility index (Phi) is 3.24. The van der Waals surface area contributed by atoms with Gasteiger partial charge < -0.3 is 5.11 Å². The molecule has 0 aromatic heterocycles. The molecule has 0 aromatic carbocycles. The SMILES string of the molecule is CC(C)(O)CC(C)(C)C(=O)NN. The van der Waals surface area contributed by atoms with Crippen LogP contribution >= 0.6 is 0 Å². The second kappa shape index (κ2) is 3.41. The minimum absolute atomic E-state index is 0.260. The molecule has 0 aliphatic heterocycles. The molecular weight excluding hydrogens is 156 g/mol. The molecule has 4 nitrogen and oxygen atoms in total. The standard InChI is InChI=1S/C8H18N2O2/c1-7(2,6(11)10-9)5-8(3,4)12/h12H,5,9H2,1-4H3,(H,10,11). The van der Waals surface area contributed by atoms with E-state index in [4.69, 9.17) is 5.84 Å². The van der Waals surface area contributed by atoms with Gasteiger partial charge in [0.05, 0.1) is 5.60 Å². The van der Waals surface area contributed by atoms with Crippen LogP contribution in [0.3, 0.4) is 0 Å². The van der Waals surface area contributed by atoms with Crippen molar-refractivity contribution in [2.75, 3.05) is 0 Å². The van der Waals surface area contributed by atoms with E-state index in [-0.39, 0.29) is 5.91 Å². The molecular formula is C8H18N2O2. The number of carbonyl (C=O) groups is 1. The van der Waals surface area contributed by atoms with Gasteiger partial charge in [-0.15, -0.1) is 0 Å². The Morgan fingerprint density at radius 3 is 2.08 bits per heavy atom. The molecule has 0 fully saturated rings. The average Bonchev–Trinajstić information content (AvgIpc) is 1.80. The van der Waals surface area contributed by atoms with Crippen molar-refractivity contribution in [1.82, 2.24) is 5.43 Å². The van der Waals surface area contributed by atoms with Crippen LogP contribution in [-0.2, 0) is 4.79 Å². The van der Waals surface area contributed by atoms with Crippen LogP contribution in [0.1, 0.15) is 34.1 Å². The van der Waals surface area contributed by atoms with Crippen LogP contribution in [0.15, 0.2) is 0 Å². The fourth-order valence-electron chi connectivity index (χ4n) is 1.36. The molecule has 12 heavy (non-hydrogen) atoms. The number of amides is 1. The van der Waals surface area contributed by atoms with Gasteiger partial charge in [-0.3, -0.25) is 10.2 Å². The van der Waals surface area contributed by atoms with Crippen molar-refractivity contribution in [3.63, 3.8) is 0 Å². The van der Waals surface area contributed by atoms with Gasteiger partial charge in [0.1, 0.15) is 0 Å². The lowest BCUT2D eigenvalue weighted by Crippen LogP contribution is -2.44. The van der Waals surface area contributed by atoms with E-state index >= 15 is 0 Å². The highest BCUT2D eigenvalue weighted by Crippen LogP contribution is 2.27. The molecule has 4 N–H and O–H groups in total. The van der Waals surface area contributed by atoms with Crippen LogP contribution in [0.25, 0.3) is 0 Å². The largest absolute Gasteiger partial charge is 0.390 e. The fourth-order valence-corrected chi connectivity index (χ4v) is 1.36. The van der Waals surface area contributed by atoms with Crippen molar-refractivity contribution in [3.8, 4) is 0 Å². The van der Waals surface area contributed by atoms with Crippen molar-refractivity contribution in [1.29, 1.82) is 0 Å². The second-order valence-electron chi connectivity index (χ2n) is 4.35. The summed E-state index contributed by atoms with van der Waals surface area (Å²) in [4.78, 5) is 11.2. The molecule has 0 bridgehead atoms. The van der Waals surface area contributed by atoms with Crippen molar-refractivity contribution < 1.29 is 9.90 Å². The van der Waals surface area contributed by atoms with Gasteiger partial charge in [0.25, 0.3) is 0 Å². The average molecular weight is 174 g/mol. The van der Waals surface area contributed by atoms with Gasteiger partial charge in [0, 0.05) is 5.41 Å². The van der Waals surface area contributed by atoms with Crippen LogP contribution in [0.5, 0.6) is 0 Å². The Labute approximate surface area is 73.1 Å². The third kappa shape index (κ3) is 3.69. The normalized spacial score (nSPS) is 12.8. The van der Waals surface area contributed by atoms with Crippen molar-refractivity contribution >= 4 is 5.91 Å². The lowest BCUT2D eigenvalue weighted by Gasteiger charge is -2.29. The quantitative estimate of drug-likeness (QED) is 0.324. The maximum atomic E-state index is 11.2. The summed E-state index contributed by atoms with van der Waals surface area (Å²) in [5, 5.41) is 9.48. The van der Waals surface area contributed by atoms with E-state index in [1.807, 2.05) is 0 Å². The topological polar surface area (TPSA) is 75.3 Å². The van der Waals surface area contributed by atoms with E-state index in [1.165, 1.54) is 0 Å². The zero-order valence-electron chi connectivity index (χ0n) is 8.14. The summed E-state index contributed by atoms with van der Waals surface area (Å²) >= 11 is 0. The van der Waals surface area contributed by atoms with E-state index in [1.54, 1.807) is 27.7 Å². The highest BCUT2D eigenvalue weighted by atomic mass is 16.3. The van der Waals surface area contributed by atoms with Gasteiger partial charge in [-0.2, -0.15) is 0 Å². The third-order valence-electron chi connectivity index (χ3n) is 1.62. The van der Waals surface area contributed by atoms with Gasteiger partial charge in [-0.25, -0.2) is 5.84 Å². The summed E-state index contributed by atoms with van der Waals surface area (Å²) in [7, 11) is 0. The molecule has 4 heteroatoms. The first kappa shape index (κ1) is 11.4. The van der Waals surface area contributed by atoms with Crippen molar-refractivity contribution in [3.05, 3.63) is 0 Å². The van der Waals surface area contributed by atoms with E-state index in [9.17, 15) is 9.90 Å². The number of aliphatic hydroxyl groups is 1. The van der Waals surface area contributed by atoms with Gasteiger partial charge in [-0.1, -0.05) is 13.8 Å². The van der Waals surface area contributed by atoms with Crippen LogP contribution in [-0.4, -0.2) is 16.6 Å². The molecule has 0 aliphatic rings. The van der Waals surface area contributed by atoms with E-state index in [0.717, 1.165) is 0 Å². The number of hydrogen-bond acceptors (Lipinski definition) is 3. The first-order valence-corrected chi connectivity index (χ1v) is 3.92. The first-order chi connectivity index (χ1) is 5.19. The number of hydrogen-bond donors (Lipinski definition) is 3. The van der Waals surface area contributed by atoms with E-state index in [0.29, 0.717) is 6.42 Å². The molecule has 0 unspecified atom stereocenters. The van der Waals surface area contributed by atoms with Gasteiger partial charge in [0.2, 0.25) is 5.91 Å². The number of nitrogens with two attached hydrogens (primary N) is 1. The van der Waals surface area contributed by atoms with Crippen molar-refractivity contribution in [2.24, 2.45) is 11.3 Å². The lowest BCUT2D eigenvalue weighted by atomic mass is 9.81. The van der Waals surface area contributed by atoms with Gasteiger partial charge >= 0.3 is 0 Å². The van der Waals surface area contributed by atoms with Gasteiger partial charge in [-0.05, 0) is 20.3 Å². The number of hydrazine groups is 1. The molecule has 72 valence electrons. The predicted molar refractivity (Wildman–Crippen MR) is 47.0 cm³/mol. The van der Waals surface area contributed by atoms with E-state index in [2.05, 4.69) is 5.43 Å². The third-order valence-corrected chi connectivity index (χ3v) is 1.62. The Balaban J connectivity index is 4.32. The minimum atomic E-state index is -0.851. The number of carbonyl (C=O) groups excluding carboxylic acids is 1. The molecule has 0 rings (SSSR count). The summed E-state index contributed by atoms with van der Waals surface area (Å²) in [6.45, 7) is 6.82. The van der Waals surface area contributed by atoms with Crippen molar-refractivity contribution in [2.45, 2.75) is 39.7 Å². The molecule has 0 heterocycles. The van der Waals surface area contributed by atoms with Crippen LogP contribution in [0.4, 0.5) is 0 Å². The lowest BCUT2D eigenvalue weighted by molar-refractivity contribution is -0.132. The maximum absolute atomic E-state index is 11.2. The van der Waals surface area contributed by atoms with Crippen LogP contribution in [0.2, 0.25) is 0 Å². The van der Waals surface area contributed by atoms with E-state index < -0.39 is 11.0 Å². The summed E-state index contributed by atoms with van der Waals surface area (Å²) < 4.78 is 0. The minimum Gasteiger partial charge on any atom is -0.390 e. The predicted octanol–water partition coefficient (Wildman–Crippen LogP) is 0.164. The summed E-state index contributed by atoms with van der Waals surface area (Å²) in [5.74, 6) is 4.74. The number of rotatable bonds is 3. The Morgan fingerprint density at radius 2 is 1.83 bits per heavy atom.